The van der Waals surface area contributed by atoms with Crippen LogP contribution in [0.5, 0.6) is 5.75 Å². The van der Waals surface area contributed by atoms with Crippen molar-refractivity contribution in [1.29, 1.82) is 0 Å². The number of hydrogen-bond donors (Lipinski definition) is 1. The number of ketones is 1. The number of amides is 1. The Balaban J connectivity index is 1.78. The van der Waals surface area contributed by atoms with E-state index < -0.39 is 6.10 Å². The molecule has 4 nitrogen and oxygen atoms in total. The van der Waals surface area contributed by atoms with Crippen molar-refractivity contribution < 1.29 is 14.3 Å². The minimum Gasteiger partial charge on any atom is -0.481 e. The summed E-state index contributed by atoms with van der Waals surface area (Å²) in [6.07, 6.45) is -0.713. The quantitative estimate of drug-likeness (QED) is 0.588. The van der Waals surface area contributed by atoms with E-state index in [9.17, 15) is 9.59 Å². The van der Waals surface area contributed by atoms with Gasteiger partial charge in [-0.05, 0) is 62.6 Å². The molecule has 0 saturated heterocycles. The van der Waals surface area contributed by atoms with Crippen molar-refractivity contribution in [2.45, 2.75) is 33.8 Å². The molecule has 0 saturated carbocycles. The Morgan fingerprint density at radius 2 is 1.55 bits per heavy atom. The van der Waals surface area contributed by atoms with Gasteiger partial charge in [-0.3, -0.25) is 9.59 Å². The lowest BCUT2D eigenvalue weighted by molar-refractivity contribution is -0.122. The first-order chi connectivity index (χ1) is 13.9. The standard InChI is InChI=1S/C25H25NO3/c1-16-14-17(2)18(3)23(15-16)29-19(4)25(28)26-22-13-9-8-12-21(22)24(27)20-10-6-5-7-11-20/h5-15,19H,1-4H3,(H,26,28)/t19-/m1/s1. The maximum absolute atomic E-state index is 12.8. The fourth-order valence-electron chi connectivity index (χ4n) is 3.14. The van der Waals surface area contributed by atoms with Gasteiger partial charge in [-0.1, -0.05) is 48.5 Å². The number of rotatable bonds is 6. The second kappa shape index (κ2) is 8.74. The zero-order valence-corrected chi connectivity index (χ0v) is 17.2. The Hall–Kier alpha value is -3.40. The third-order valence-corrected chi connectivity index (χ3v) is 4.90. The first kappa shape index (κ1) is 20.3. The first-order valence-corrected chi connectivity index (χ1v) is 9.61. The van der Waals surface area contributed by atoms with Crippen molar-refractivity contribution in [2.75, 3.05) is 5.32 Å². The lowest BCUT2D eigenvalue weighted by atomic mass is 10.0. The predicted molar refractivity (Wildman–Crippen MR) is 116 cm³/mol. The molecule has 0 aliphatic rings. The molecule has 3 aromatic carbocycles. The van der Waals surface area contributed by atoms with Crippen LogP contribution in [0.3, 0.4) is 0 Å². The van der Waals surface area contributed by atoms with Gasteiger partial charge in [0.1, 0.15) is 5.75 Å². The Kier molecular flexibility index (Phi) is 6.13. The van der Waals surface area contributed by atoms with Crippen LogP contribution in [0, 0.1) is 20.8 Å². The number of ether oxygens (including phenoxy) is 1. The molecule has 3 aromatic rings. The van der Waals surface area contributed by atoms with Crippen LogP contribution >= 0.6 is 0 Å². The van der Waals surface area contributed by atoms with Crippen molar-refractivity contribution in [3.63, 3.8) is 0 Å². The van der Waals surface area contributed by atoms with E-state index in [2.05, 4.69) is 11.4 Å². The minimum absolute atomic E-state index is 0.139. The van der Waals surface area contributed by atoms with Crippen molar-refractivity contribution in [2.24, 2.45) is 0 Å². The summed E-state index contributed by atoms with van der Waals surface area (Å²) < 4.78 is 5.93. The van der Waals surface area contributed by atoms with Gasteiger partial charge in [-0.25, -0.2) is 0 Å². The molecule has 0 aromatic heterocycles. The third-order valence-electron chi connectivity index (χ3n) is 4.90. The summed E-state index contributed by atoms with van der Waals surface area (Å²) in [7, 11) is 0. The van der Waals surface area contributed by atoms with E-state index in [1.54, 1.807) is 43.3 Å². The summed E-state index contributed by atoms with van der Waals surface area (Å²) >= 11 is 0. The average molecular weight is 387 g/mol. The topological polar surface area (TPSA) is 55.4 Å². The molecule has 0 aliphatic carbocycles. The van der Waals surface area contributed by atoms with Crippen LogP contribution < -0.4 is 10.1 Å². The number of carbonyl (C=O) groups excluding carboxylic acids is 2. The third kappa shape index (κ3) is 4.72. The highest BCUT2D eigenvalue weighted by Gasteiger charge is 2.20. The second-order valence-electron chi connectivity index (χ2n) is 7.20. The molecule has 0 heterocycles. The molecular formula is C25H25NO3. The molecule has 0 spiro atoms. The van der Waals surface area contributed by atoms with Crippen LogP contribution in [-0.2, 0) is 4.79 Å². The molecule has 0 bridgehead atoms. The summed E-state index contributed by atoms with van der Waals surface area (Å²) in [6.45, 7) is 7.69. The molecule has 0 aliphatic heterocycles. The Bertz CT molecular complexity index is 1040. The molecule has 1 atom stereocenters. The van der Waals surface area contributed by atoms with Gasteiger partial charge in [-0.2, -0.15) is 0 Å². The summed E-state index contributed by atoms with van der Waals surface area (Å²) in [4.78, 5) is 25.6. The van der Waals surface area contributed by atoms with Crippen LogP contribution in [0.4, 0.5) is 5.69 Å². The van der Waals surface area contributed by atoms with Gasteiger partial charge in [0.2, 0.25) is 0 Å². The summed E-state index contributed by atoms with van der Waals surface area (Å²) in [5.41, 5.74) is 4.70. The molecular weight excluding hydrogens is 362 g/mol. The maximum atomic E-state index is 12.8. The zero-order chi connectivity index (χ0) is 21.0. The lowest BCUT2D eigenvalue weighted by Gasteiger charge is -2.19. The highest BCUT2D eigenvalue weighted by Crippen LogP contribution is 2.25. The molecule has 0 radical (unpaired) electrons. The normalized spacial score (nSPS) is 11.6. The zero-order valence-electron chi connectivity index (χ0n) is 17.2. The first-order valence-electron chi connectivity index (χ1n) is 9.61. The minimum atomic E-state index is -0.713. The number of hydrogen-bond acceptors (Lipinski definition) is 3. The van der Waals surface area contributed by atoms with E-state index in [0.717, 1.165) is 16.7 Å². The Morgan fingerprint density at radius 3 is 2.28 bits per heavy atom. The van der Waals surface area contributed by atoms with E-state index in [0.29, 0.717) is 22.6 Å². The number of anilines is 1. The van der Waals surface area contributed by atoms with E-state index in [1.165, 1.54) is 0 Å². The van der Waals surface area contributed by atoms with Gasteiger partial charge < -0.3 is 10.1 Å². The summed E-state index contributed by atoms with van der Waals surface area (Å²) in [6, 6.07) is 20.0. The molecule has 0 fully saturated rings. The fraction of sp³-hybridized carbons (Fsp3) is 0.200. The van der Waals surface area contributed by atoms with Crippen LogP contribution in [0.25, 0.3) is 0 Å². The summed E-state index contributed by atoms with van der Waals surface area (Å²) in [5, 5.41) is 2.85. The van der Waals surface area contributed by atoms with Crippen LogP contribution in [0.2, 0.25) is 0 Å². The Morgan fingerprint density at radius 1 is 0.897 bits per heavy atom. The number of nitrogens with one attached hydrogen (secondary N) is 1. The lowest BCUT2D eigenvalue weighted by Crippen LogP contribution is -2.31. The highest BCUT2D eigenvalue weighted by molar-refractivity contribution is 6.14. The van der Waals surface area contributed by atoms with Gasteiger partial charge in [0.25, 0.3) is 5.91 Å². The van der Waals surface area contributed by atoms with Crippen molar-refractivity contribution >= 4 is 17.4 Å². The molecule has 0 unspecified atom stereocenters. The highest BCUT2D eigenvalue weighted by atomic mass is 16.5. The average Bonchev–Trinajstić information content (AvgIpc) is 2.72. The number of aryl methyl sites for hydroxylation is 2. The van der Waals surface area contributed by atoms with E-state index in [-0.39, 0.29) is 11.7 Å². The molecule has 4 heteroatoms. The maximum Gasteiger partial charge on any atom is 0.265 e. The fourth-order valence-corrected chi connectivity index (χ4v) is 3.14. The molecule has 1 N–H and O–H groups in total. The molecule has 29 heavy (non-hydrogen) atoms. The number of para-hydroxylation sites is 1. The van der Waals surface area contributed by atoms with Crippen LogP contribution in [0.15, 0.2) is 66.7 Å². The SMILES string of the molecule is Cc1cc(C)c(C)c(O[C@H](C)C(=O)Nc2ccccc2C(=O)c2ccccc2)c1. The Labute approximate surface area is 171 Å². The van der Waals surface area contributed by atoms with Crippen molar-refractivity contribution in [3.8, 4) is 5.75 Å². The predicted octanol–water partition coefficient (Wildman–Crippen LogP) is 5.25. The monoisotopic (exact) mass is 387 g/mol. The van der Waals surface area contributed by atoms with Gasteiger partial charge in [-0.15, -0.1) is 0 Å². The van der Waals surface area contributed by atoms with Gasteiger partial charge >= 0.3 is 0 Å². The van der Waals surface area contributed by atoms with Gasteiger partial charge in [0.15, 0.2) is 11.9 Å². The molecule has 148 valence electrons. The van der Waals surface area contributed by atoms with Crippen molar-refractivity contribution in [3.05, 3.63) is 94.5 Å². The van der Waals surface area contributed by atoms with Crippen LogP contribution in [0.1, 0.15) is 39.5 Å². The van der Waals surface area contributed by atoms with Gasteiger partial charge in [0.05, 0.1) is 5.69 Å². The van der Waals surface area contributed by atoms with E-state index in [1.807, 2.05) is 45.0 Å². The number of carbonyl (C=O) groups is 2. The summed E-state index contributed by atoms with van der Waals surface area (Å²) in [5.74, 6) is 0.246. The van der Waals surface area contributed by atoms with Crippen molar-refractivity contribution in [1.82, 2.24) is 0 Å². The molecule has 1 amide bonds. The van der Waals surface area contributed by atoms with E-state index >= 15 is 0 Å². The molecule has 3 rings (SSSR count). The van der Waals surface area contributed by atoms with E-state index in [4.69, 9.17) is 4.74 Å². The smallest absolute Gasteiger partial charge is 0.265 e. The van der Waals surface area contributed by atoms with Gasteiger partial charge in [0, 0.05) is 11.1 Å². The van der Waals surface area contributed by atoms with Crippen LogP contribution in [-0.4, -0.2) is 17.8 Å². The number of benzene rings is 3. The second-order valence-corrected chi connectivity index (χ2v) is 7.20. The largest absolute Gasteiger partial charge is 0.481 e.